The van der Waals surface area contributed by atoms with E-state index in [0.29, 0.717) is 24.1 Å². The molecule has 4 rings (SSSR count). The molecule has 0 radical (unpaired) electrons. The molecule has 1 aliphatic rings. The minimum atomic E-state index is -3.82. The van der Waals surface area contributed by atoms with Crippen LogP contribution in [0.2, 0.25) is 0 Å². The zero-order chi connectivity index (χ0) is 26.6. The lowest BCUT2D eigenvalue weighted by atomic mass is 10.1. The minimum Gasteiger partial charge on any atom is -0.424 e. The molecule has 11 heteroatoms. The highest BCUT2D eigenvalue weighted by Crippen LogP contribution is 2.27. The number of carbonyl (C=O) groups is 1. The van der Waals surface area contributed by atoms with Gasteiger partial charge in [-0.1, -0.05) is 23.3 Å². The van der Waals surface area contributed by atoms with E-state index in [1.165, 1.54) is 19.1 Å². The summed E-state index contributed by atoms with van der Waals surface area (Å²) in [5.41, 5.74) is 1.85. The second kappa shape index (κ2) is 11.4. The number of ether oxygens (including phenoxy) is 1. The summed E-state index contributed by atoms with van der Waals surface area (Å²) in [6.07, 6.45) is 0.269. The highest BCUT2D eigenvalue weighted by atomic mass is 32.2. The van der Waals surface area contributed by atoms with E-state index in [1.54, 1.807) is 23.6 Å². The molecule has 0 aliphatic carbocycles. The molecule has 198 valence electrons. The van der Waals surface area contributed by atoms with E-state index in [-0.39, 0.29) is 17.1 Å². The molecule has 0 amide bonds. The summed E-state index contributed by atoms with van der Waals surface area (Å²) in [6.45, 7) is 9.56. The molecule has 1 N–H and O–H groups in total. The molecule has 1 fully saturated rings. The fourth-order valence-electron chi connectivity index (χ4n) is 4.33. The number of likely N-dealkylation sites (N-methyl/N-ethyl adjacent to an activating group) is 1. The standard InChI is InChI=1S/C26H34N6O4S/c1-5-32-25(20(3)29-37(34,35)24-11-9-21(10-12-24)17-19(2)33)27-28-26(32)36-23-8-6-7-22(18-23)31-15-13-30(4)14-16-31/h6-12,18,20,29H,5,13-17H2,1-4H3/t20-/m1/s1. The Labute approximate surface area is 218 Å². The maximum atomic E-state index is 13.0. The Bertz CT molecular complexity index is 1330. The molecule has 2 heterocycles. The van der Waals surface area contributed by atoms with Crippen LogP contribution in [-0.2, 0) is 27.8 Å². The van der Waals surface area contributed by atoms with Gasteiger partial charge in [0.25, 0.3) is 0 Å². The topological polar surface area (TPSA) is 110 Å². The Kier molecular flexibility index (Phi) is 8.25. The first-order valence-corrected chi connectivity index (χ1v) is 13.9. The molecule has 0 saturated carbocycles. The van der Waals surface area contributed by atoms with Crippen molar-refractivity contribution in [3.05, 3.63) is 59.9 Å². The molecule has 1 aromatic heterocycles. The van der Waals surface area contributed by atoms with Crippen molar-refractivity contribution < 1.29 is 17.9 Å². The van der Waals surface area contributed by atoms with E-state index in [4.69, 9.17) is 4.74 Å². The summed E-state index contributed by atoms with van der Waals surface area (Å²) >= 11 is 0. The molecule has 1 saturated heterocycles. The molecular formula is C26H34N6O4S. The van der Waals surface area contributed by atoms with E-state index in [0.717, 1.165) is 37.4 Å². The van der Waals surface area contributed by atoms with Crippen molar-refractivity contribution in [2.24, 2.45) is 0 Å². The van der Waals surface area contributed by atoms with Crippen LogP contribution < -0.4 is 14.4 Å². The van der Waals surface area contributed by atoms with Gasteiger partial charge in [0.2, 0.25) is 10.0 Å². The number of nitrogens with one attached hydrogen (secondary N) is 1. The van der Waals surface area contributed by atoms with Crippen LogP contribution in [0, 0.1) is 0 Å². The first kappa shape index (κ1) is 26.8. The number of Topliss-reactive ketones (excluding diaryl/α,β-unsaturated/α-hetero) is 1. The van der Waals surface area contributed by atoms with Crippen molar-refractivity contribution in [3.63, 3.8) is 0 Å². The molecule has 3 aromatic rings. The second-order valence-electron chi connectivity index (χ2n) is 9.34. The van der Waals surface area contributed by atoms with E-state index in [2.05, 4.69) is 37.8 Å². The number of piperazine rings is 1. The van der Waals surface area contributed by atoms with Crippen LogP contribution in [0.3, 0.4) is 0 Å². The fourth-order valence-corrected chi connectivity index (χ4v) is 5.54. The maximum Gasteiger partial charge on any atom is 0.322 e. The van der Waals surface area contributed by atoms with Crippen LogP contribution in [0.5, 0.6) is 11.8 Å². The largest absolute Gasteiger partial charge is 0.424 e. The highest BCUT2D eigenvalue weighted by Gasteiger charge is 2.24. The lowest BCUT2D eigenvalue weighted by Crippen LogP contribution is -2.44. The number of hydrogen-bond acceptors (Lipinski definition) is 8. The van der Waals surface area contributed by atoms with E-state index in [1.807, 2.05) is 25.1 Å². The predicted octanol–water partition coefficient (Wildman–Crippen LogP) is 3.01. The Morgan fingerprint density at radius 1 is 1.08 bits per heavy atom. The van der Waals surface area contributed by atoms with Crippen molar-refractivity contribution in [1.29, 1.82) is 0 Å². The van der Waals surface area contributed by atoms with Gasteiger partial charge in [0.15, 0.2) is 5.82 Å². The zero-order valence-corrected chi connectivity index (χ0v) is 22.5. The Hall–Kier alpha value is -3.28. The number of aromatic nitrogens is 3. The summed E-state index contributed by atoms with van der Waals surface area (Å²) in [5.74, 6) is 1.11. The molecule has 2 aromatic carbocycles. The van der Waals surface area contributed by atoms with Crippen LogP contribution in [0.4, 0.5) is 5.69 Å². The molecule has 1 aliphatic heterocycles. The zero-order valence-electron chi connectivity index (χ0n) is 21.7. The van der Waals surface area contributed by atoms with Crippen molar-refractivity contribution >= 4 is 21.5 Å². The summed E-state index contributed by atoms with van der Waals surface area (Å²) in [5, 5.41) is 8.44. The van der Waals surface area contributed by atoms with Gasteiger partial charge in [-0.15, -0.1) is 5.10 Å². The molecule has 0 bridgehead atoms. The van der Waals surface area contributed by atoms with Gasteiger partial charge >= 0.3 is 6.01 Å². The number of benzene rings is 2. The van der Waals surface area contributed by atoms with Gasteiger partial charge in [-0.05, 0) is 57.6 Å². The molecule has 0 unspecified atom stereocenters. The lowest BCUT2D eigenvalue weighted by Gasteiger charge is -2.34. The second-order valence-corrected chi connectivity index (χ2v) is 11.1. The van der Waals surface area contributed by atoms with Crippen LogP contribution >= 0.6 is 0 Å². The van der Waals surface area contributed by atoms with Gasteiger partial charge in [0.05, 0.1) is 10.9 Å². The van der Waals surface area contributed by atoms with Gasteiger partial charge in [-0.25, -0.2) is 13.1 Å². The first-order chi connectivity index (χ1) is 17.7. The lowest BCUT2D eigenvalue weighted by molar-refractivity contribution is -0.116. The molecular weight excluding hydrogens is 492 g/mol. The van der Waals surface area contributed by atoms with Gasteiger partial charge in [0.1, 0.15) is 11.5 Å². The molecule has 10 nitrogen and oxygen atoms in total. The van der Waals surface area contributed by atoms with E-state index >= 15 is 0 Å². The molecule has 0 spiro atoms. The maximum absolute atomic E-state index is 13.0. The van der Waals surface area contributed by atoms with Crippen molar-refractivity contribution in [2.45, 2.75) is 44.7 Å². The number of ketones is 1. The van der Waals surface area contributed by atoms with E-state index < -0.39 is 16.1 Å². The smallest absolute Gasteiger partial charge is 0.322 e. The third-order valence-corrected chi connectivity index (χ3v) is 7.92. The number of anilines is 1. The van der Waals surface area contributed by atoms with Gasteiger partial charge in [-0.3, -0.25) is 9.36 Å². The average Bonchev–Trinajstić information content (AvgIpc) is 3.27. The summed E-state index contributed by atoms with van der Waals surface area (Å²) in [6, 6.07) is 13.8. The third kappa shape index (κ3) is 6.54. The Morgan fingerprint density at radius 3 is 2.43 bits per heavy atom. The van der Waals surface area contributed by atoms with Crippen molar-refractivity contribution in [2.75, 3.05) is 38.1 Å². The summed E-state index contributed by atoms with van der Waals surface area (Å²) < 4.78 is 36.5. The number of carbonyl (C=O) groups excluding carboxylic acids is 1. The Balaban J connectivity index is 1.47. The third-order valence-electron chi connectivity index (χ3n) is 6.36. The van der Waals surface area contributed by atoms with Crippen molar-refractivity contribution in [1.82, 2.24) is 24.4 Å². The van der Waals surface area contributed by atoms with Gasteiger partial charge in [-0.2, -0.15) is 0 Å². The van der Waals surface area contributed by atoms with Crippen LogP contribution in [-0.4, -0.2) is 67.1 Å². The van der Waals surface area contributed by atoms with E-state index in [9.17, 15) is 13.2 Å². The molecule has 1 atom stereocenters. The van der Waals surface area contributed by atoms with Gasteiger partial charge < -0.3 is 14.5 Å². The number of nitrogens with zero attached hydrogens (tertiary/aromatic N) is 5. The van der Waals surface area contributed by atoms with Gasteiger partial charge in [0, 0.05) is 50.9 Å². The minimum absolute atomic E-state index is 0.0188. The number of sulfonamides is 1. The number of hydrogen-bond donors (Lipinski definition) is 1. The quantitative estimate of drug-likeness (QED) is 0.429. The predicted molar refractivity (Wildman–Crippen MR) is 141 cm³/mol. The fraction of sp³-hybridized carbons (Fsp3) is 0.423. The average molecular weight is 527 g/mol. The van der Waals surface area contributed by atoms with Crippen LogP contribution in [0.25, 0.3) is 0 Å². The van der Waals surface area contributed by atoms with Crippen LogP contribution in [0.15, 0.2) is 53.4 Å². The normalized spacial score (nSPS) is 15.5. The van der Waals surface area contributed by atoms with Crippen LogP contribution in [0.1, 0.15) is 38.2 Å². The highest BCUT2D eigenvalue weighted by molar-refractivity contribution is 7.89. The summed E-state index contributed by atoms with van der Waals surface area (Å²) in [7, 11) is -1.69. The molecule has 37 heavy (non-hydrogen) atoms. The summed E-state index contributed by atoms with van der Waals surface area (Å²) in [4.78, 5) is 16.1. The number of rotatable bonds is 10. The Morgan fingerprint density at radius 2 is 1.78 bits per heavy atom. The van der Waals surface area contributed by atoms with Crippen molar-refractivity contribution in [3.8, 4) is 11.8 Å². The monoisotopic (exact) mass is 526 g/mol. The first-order valence-electron chi connectivity index (χ1n) is 12.4. The SMILES string of the molecule is CCn1c(Oc2cccc(N3CCN(C)CC3)c2)nnc1[C@@H](C)NS(=O)(=O)c1ccc(CC(C)=O)cc1.